The first kappa shape index (κ1) is 34.9. The Labute approximate surface area is 248 Å². The Kier molecular flexibility index (Phi) is 13.1. The van der Waals surface area contributed by atoms with Crippen molar-refractivity contribution in [2.45, 2.75) is 99.1 Å². The first-order chi connectivity index (χ1) is 19.5. The highest BCUT2D eigenvalue weighted by Crippen LogP contribution is 2.30. The second-order valence-corrected chi connectivity index (χ2v) is 13.2. The molecule has 1 aromatic rings. The van der Waals surface area contributed by atoms with Crippen molar-refractivity contribution in [2.24, 2.45) is 22.5 Å². The maximum Gasteiger partial charge on any atom is 0.513 e. The fourth-order valence-corrected chi connectivity index (χ4v) is 3.94. The molecule has 1 aromatic carbocycles. The van der Waals surface area contributed by atoms with Gasteiger partial charge in [0.2, 0.25) is 0 Å². The maximum atomic E-state index is 12.6. The van der Waals surface area contributed by atoms with E-state index in [1.807, 2.05) is 41.5 Å². The molecule has 1 aliphatic rings. The number of ether oxygens (including phenoxy) is 6. The van der Waals surface area contributed by atoms with Crippen LogP contribution in [-0.2, 0) is 35.0 Å². The minimum absolute atomic E-state index is 0.0250. The highest BCUT2D eigenvalue weighted by Gasteiger charge is 2.26. The molecule has 0 spiro atoms. The van der Waals surface area contributed by atoms with Crippen LogP contribution in [0.3, 0.4) is 0 Å². The summed E-state index contributed by atoms with van der Waals surface area (Å²) in [6.45, 7) is 13.1. The molecule has 1 saturated carbocycles. The van der Waals surface area contributed by atoms with Crippen molar-refractivity contribution in [3.05, 3.63) is 23.8 Å². The number of benzene rings is 1. The molecule has 2 rings (SSSR count). The van der Waals surface area contributed by atoms with Crippen LogP contribution in [0.1, 0.15) is 86.1 Å². The lowest BCUT2D eigenvalue weighted by Crippen LogP contribution is -2.36. The number of rotatable bonds is 11. The largest absolute Gasteiger partial charge is 0.513 e. The fraction of sp³-hybridized carbons (Fsp3) is 0.677. The van der Waals surface area contributed by atoms with Crippen LogP contribution in [0.15, 0.2) is 18.2 Å². The lowest BCUT2D eigenvalue weighted by atomic mass is 9.89. The normalized spacial score (nSPS) is 15.6. The van der Waals surface area contributed by atoms with Crippen LogP contribution in [-0.4, -0.2) is 56.2 Å². The molecule has 1 aliphatic carbocycles. The van der Waals surface area contributed by atoms with Gasteiger partial charge < -0.3 is 34.2 Å². The summed E-state index contributed by atoms with van der Waals surface area (Å²) < 4.78 is 31.7. The molecular formula is C31H47NO10. The van der Waals surface area contributed by atoms with Gasteiger partial charge in [-0.05, 0) is 54.7 Å². The zero-order chi connectivity index (χ0) is 31.5. The van der Waals surface area contributed by atoms with Crippen LogP contribution in [0.4, 0.5) is 9.59 Å². The van der Waals surface area contributed by atoms with E-state index in [0.29, 0.717) is 5.56 Å². The minimum atomic E-state index is -1.06. The topological polar surface area (TPSA) is 150 Å². The summed E-state index contributed by atoms with van der Waals surface area (Å²) in [7, 11) is 0. The molecule has 0 aromatic heterocycles. The number of carbonyl (C=O) groups is 4. The van der Waals surface area contributed by atoms with E-state index in [1.165, 1.54) is 12.1 Å². The molecule has 11 nitrogen and oxygen atoms in total. The van der Waals surface area contributed by atoms with E-state index in [-0.39, 0.29) is 60.5 Å². The van der Waals surface area contributed by atoms with Crippen LogP contribution in [0.5, 0.6) is 11.5 Å². The lowest BCUT2D eigenvalue weighted by molar-refractivity contribution is -0.162. The second-order valence-electron chi connectivity index (χ2n) is 13.2. The molecule has 0 saturated heterocycles. The van der Waals surface area contributed by atoms with Crippen molar-refractivity contribution in [3.8, 4) is 11.5 Å². The van der Waals surface area contributed by atoms with Crippen molar-refractivity contribution < 1.29 is 47.6 Å². The smallest absolute Gasteiger partial charge is 0.461 e. The highest BCUT2D eigenvalue weighted by atomic mass is 16.7. The summed E-state index contributed by atoms with van der Waals surface area (Å²) in [5.41, 5.74) is 6.01. The Morgan fingerprint density at radius 3 is 1.93 bits per heavy atom. The van der Waals surface area contributed by atoms with Crippen molar-refractivity contribution >= 4 is 24.2 Å². The van der Waals surface area contributed by atoms with Gasteiger partial charge in [0.15, 0.2) is 11.5 Å². The van der Waals surface area contributed by atoms with Gasteiger partial charge in [-0.1, -0.05) is 66.9 Å². The van der Waals surface area contributed by atoms with Crippen LogP contribution in [0.25, 0.3) is 0 Å². The summed E-state index contributed by atoms with van der Waals surface area (Å²) in [4.78, 5) is 49.5. The molecule has 42 heavy (non-hydrogen) atoms. The summed E-state index contributed by atoms with van der Waals surface area (Å²) in [6, 6.07) is 3.34. The average molecular weight is 594 g/mol. The zero-order valence-corrected chi connectivity index (χ0v) is 26.0. The molecular weight excluding hydrogens is 546 g/mol. The average Bonchev–Trinajstić information content (AvgIpc) is 2.90. The third-order valence-corrected chi connectivity index (χ3v) is 6.12. The number of carbonyl (C=O) groups excluding carboxylic acids is 4. The Morgan fingerprint density at radius 2 is 1.38 bits per heavy atom. The molecule has 2 atom stereocenters. The molecule has 0 unspecified atom stereocenters. The minimum Gasteiger partial charge on any atom is -0.461 e. The van der Waals surface area contributed by atoms with Crippen molar-refractivity contribution in [2.75, 3.05) is 19.8 Å². The monoisotopic (exact) mass is 593 g/mol. The first-order valence-electron chi connectivity index (χ1n) is 14.5. The van der Waals surface area contributed by atoms with Crippen molar-refractivity contribution in [1.29, 1.82) is 0 Å². The van der Waals surface area contributed by atoms with E-state index in [1.54, 1.807) is 13.0 Å². The Morgan fingerprint density at radius 1 is 0.833 bits per heavy atom. The van der Waals surface area contributed by atoms with Gasteiger partial charge in [0.25, 0.3) is 0 Å². The molecule has 0 heterocycles. The van der Waals surface area contributed by atoms with Gasteiger partial charge >= 0.3 is 24.2 Å². The third kappa shape index (κ3) is 13.5. The summed E-state index contributed by atoms with van der Waals surface area (Å²) in [6.07, 6.45) is 2.25. The number of nitrogens with two attached hydrogens (primary N) is 1. The lowest BCUT2D eigenvalue weighted by Gasteiger charge is -2.22. The molecule has 11 heteroatoms. The quantitative estimate of drug-likeness (QED) is 0.190. The summed E-state index contributed by atoms with van der Waals surface area (Å²) in [5.74, 6) is -1.24. The van der Waals surface area contributed by atoms with Gasteiger partial charge in [-0.2, -0.15) is 0 Å². The van der Waals surface area contributed by atoms with Crippen LogP contribution < -0.4 is 15.2 Å². The van der Waals surface area contributed by atoms with Crippen LogP contribution >= 0.6 is 0 Å². The summed E-state index contributed by atoms with van der Waals surface area (Å²) >= 11 is 0. The first-order valence-corrected chi connectivity index (χ1v) is 14.5. The van der Waals surface area contributed by atoms with Gasteiger partial charge in [-0.3, -0.25) is 9.59 Å². The molecule has 0 bridgehead atoms. The predicted octanol–water partition coefficient (Wildman–Crippen LogP) is 5.73. The van der Waals surface area contributed by atoms with Crippen LogP contribution in [0.2, 0.25) is 0 Å². The van der Waals surface area contributed by atoms with Crippen molar-refractivity contribution in [1.82, 2.24) is 0 Å². The van der Waals surface area contributed by atoms with Crippen molar-refractivity contribution in [3.63, 3.8) is 0 Å². The SMILES string of the molecule is C[C@@H](COC(=O)[C@@H](N)Cc1ccc(OC(=O)OCC(C)(C)C)c(OC(=O)OCC(C)(C)C)c1)OC(=O)C1CCCCC1. The maximum absolute atomic E-state index is 12.6. The van der Waals surface area contributed by atoms with E-state index in [2.05, 4.69) is 0 Å². The van der Waals surface area contributed by atoms with Gasteiger partial charge in [0.1, 0.15) is 18.8 Å². The van der Waals surface area contributed by atoms with Gasteiger partial charge in [0, 0.05) is 0 Å². The molecule has 0 radical (unpaired) electrons. The Bertz CT molecular complexity index is 1070. The third-order valence-electron chi connectivity index (χ3n) is 6.12. The molecule has 0 aliphatic heterocycles. The van der Waals surface area contributed by atoms with E-state index < -0.39 is 30.4 Å². The number of hydrogen-bond donors (Lipinski definition) is 1. The van der Waals surface area contributed by atoms with E-state index in [9.17, 15) is 19.2 Å². The zero-order valence-electron chi connectivity index (χ0n) is 26.0. The van der Waals surface area contributed by atoms with E-state index in [4.69, 9.17) is 34.2 Å². The number of esters is 2. The molecule has 0 amide bonds. The Balaban J connectivity index is 2.01. The van der Waals surface area contributed by atoms with Gasteiger partial charge in [-0.25, -0.2) is 9.59 Å². The molecule has 1 fully saturated rings. The standard InChI is InChI=1S/C31H47NO10/c1-20(40-26(33)22-11-9-8-10-12-22)17-37-27(34)23(32)15-21-13-14-24(41-28(35)38-18-30(2,3)4)25(16-21)42-29(36)39-19-31(5,6)7/h13-14,16,20,22-23H,8-12,15,17-19,32H2,1-7H3/t20-,23-/m0/s1. The van der Waals surface area contributed by atoms with Crippen LogP contribution in [0, 0.1) is 16.7 Å². The highest BCUT2D eigenvalue weighted by molar-refractivity contribution is 5.76. The number of hydrogen-bond acceptors (Lipinski definition) is 11. The second kappa shape index (κ2) is 15.8. The summed E-state index contributed by atoms with van der Waals surface area (Å²) in [5, 5.41) is 0. The van der Waals surface area contributed by atoms with E-state index in [0.717, 1.165) is 32.1 Å². The Hall–Kier alpha value is -3.34. The van der Waals surface area contributed by atoms with Gasteiger partial charge in [0.05, 0.1) is 19.1 Å². The fourth-order valence-electron chi connectivity index (χ4n) is 3.94. The van der Waals surface area contributed by atoms with E-state index >= 15 is 0 Å². The van der Waals surface area contributed by atoms with Gasteiger partial charge in [-0.15, -0.1) is 0 Å². The molecule has 236 valence electrons. The predicted molar refractivity (Wildman–Crippen MR) is 154 cm³/mol. The molecule has 2 N–H and O–H groups in total.